The lowest BCUT2D eigenvalue weighted by molar-refractivity contribution is -0.137. The first-order valence-electron chi connectivity index (χ1n) is 15.8. The number of anilines is 2. The molecule has 2 aliphatic heterocycles. The van der Waals surface area contributed by atoms with Crippen LogP contribution in [0.15, 0.2) is 42.5 Å². The summed E-state index contributed by atoms with van der Waals surface area (Å²) in [5.41, 5.74) is 0.542. The summed E-state index contributed by atoms with van der Waals surface area (Å²) in [6, 6.07) is 9.36. The van der Waals surface area contributed by atoms with Gasteiger partial charge in [0.25, 0.3) is 0 Å². The van der Waals surface area contributed by atoms with Gasteiger partial charge >= 0.3 is 12.1 Å². The van der Waals surface area contributed by atoms with Gasteiger partial charge in [-0.15, -0.1) is 0 Å². The summed E-state index contributed by atoms with van der Waals surface area (Å²) in [5, 5.41) is 13.3. The molecule has 1 saturated carbocycles. The standard InChI is InChI=1S/C33H33ClF4N6O3/c1-17(19-3-2-4-19)39-28-27-29(41-30(40-28)31(45)46)42-32(43(27)16-18-5-7-20(8-6-18)33(36,37)38)44-21-9-10-22(44)14-24(13-21)47-23-11-12-25(34)26(35)15-23/h5-8,11-12,15,17,19,21-22,24H,2-4,9-10,13-14,16H2,1H3,(H,45,46)(H,39,40,41)/t17-,21?,22?,24?/m1/s1. The van der Waals surface area contributed by atoms with Crippen molar-refractivity contribution < 1.29 is 32.2 Å². The first-order chi connectivity index (χ1) is 22.4. The molecule has 2 aromatic heterocycles. The second kappa shape index (κ2) is 12.1. The van der Waals surface area contributed by atoms with Crippen LogP contribution >= 0.6 is 11.6 Å². The van der Waals surface area contributed by atoms with E-state index in [9.17, 15) is 27.5 Å². The summed E-state index contributed by atoms with van der Waals surface area (Å²) >= 11 is 5.85. The Labute approximate surface area is 272 Å². The molecule has 248 valence electrons. The molecule has 14 heteroatoms. The SMILES string of the molecule is C[C@@H](Nc1nc(C(=O)O)nc2nc(N3C4CCC3CC(Oc3ccc(Cl)c(F)c3)C4)n(Cc3ccc(C(F)(F)F)cc3)c12)C1CCC1. The van der Waals surface area contributed by atoms with E-state index < -0.39 is 29.4 Å². The molecular weight excluding hydrogens is 640 g/mol. The molecule has 0 spiro atoms. The molecule has 0 amide bonds. The fraction of sp³-hybridized carbons (Fsp3) is 0.455. The van der Waals surface area contributed by atoms with Crippen molar-refractivity contribution in [2.75, 3.05) is 10.2 Å². The lowest BCUT2D eigenvalue weighted by atomic mass is 9.80. The minimum atomic E-state index is -4.47. The van der Waals surface area contributed by atoms with Gasteiger partial charge in [0.2, 0.25) is 11.8 Å². The minimum absolute atomic E-state index is 0.00291. The first kappa shape index (κ1) is 31.5. The van der Waals surface area contributed by atoms with Crippen LogP contribution in [0.25, 0.3) is 11.2 Å². The first-order valence-corrected chi connectivity index (χ1v) is 16.2. The molecule has 2 unspecified atom stereocenters. The number of imidazole rings is 1. The number of aromatic nitrogens is 4. The highest BCUT2D eigenvalue weighted by atomic mass is 35.5. The quantitative estimate of drug-likeness (QED) is 0.176. The van der Waals surface area contributed by atoms with E-state index in [1.807, 2.05) is 11.5 Å². The predicted octanol–water partition coefficient (Wildman–Crippen LogP) is 7.56. The molecule has 3 atom stereocenters. The number of carboxylic acids is 1. The number of piperidine rings is 1. The number of alkyl halides is 3. The summed E-state index contributed by atoms with van der Waals surface area (Å²) in [5.74, 6) is -0.569. The van der Waals surface area contributed by atoms with E-state index in [-0.39, 0.29) is 41.4 Å². The zero-order valence-corrected chi connectivity index (χ0v) is 26.2. The third kappa shape index (κ3) is 6.17. The van der Waals surface area contributed by atoms with Crippen molar-refractivity contribution in [3.05, 3.63) is 70.3 Å². The van der Waals surface area contributed by atoms with Gasteiger partial charge in [0.05, 0.1) is 17.1 Å². The number of nitrogens with zero attached hydrogens (tertiary/aromatic N) is 5. The summed E-state index contributed by atoms with van der Waals surface area (Å²) < 4.78 is 62.3. The second-order valence-electron chi connectivity index (χ2n) is 12.8. The molecule has 0 radical (unpaired) electrons. The van der Waals surface area contributed by atoms with Gasteiger partial charge in [0.15, 0.2) is 11.5 Å². The summed E-state index contributed by atoms with van der Waals surface area (Å²) in [4.78, 5) is 27.9. The second-order valence-corrected chi connectivity index (χ2v) is 13.2. The Hall–Kier alpha value is -4.13. The van der Waals surface area contributed by atoms with E-state index in [4.69, 9.17) is 21.3 Å². The van der Waals surface area contributed by atoms with E-state index in [1.165, 1.54) is 24.3 Å². The minimum Gasteiger partial charge on any atom is -0.490 e. The normalized spacial score (nSPS) is 21.9. The molecule has 3 aliphatic rings. The number of aromatic carboxylic acids is 1. The van der Waals surface area contributed by atoms with Crippen molar-refractivity contribution in [3.8, 4) is 5.75 Å². The zero-order chi connectivity index (χ0) is 33.0. The van der Waals surface area contributed by atoms with Crippen molar-refractivity contribution >= 4 is 40.5 Å². The van der Waals surface area contributed by atoms with Crippen LogP contribution in [0.4, 0.5) is 29.3 Å². The number of nitrogens with one attached hydrogen (secondary N) is 1. The van der Waals surface area contributed by atoms with Gasteiger partial charge in [-0.2, -0.15) is 18.2 Å². The van der Waals surface area contributed by atoms with Crippen molar-refractivity contribution in [3.63, 3.8) is 0 Å². The summed E-state index contributed by atoms with van der Waals surface area (Å²) in [7, 11) is 0. The van der Waals surface area contributed by atoms with Gasteiger partial charge in [-0.3, -0.25) is 0 Å². The van der Waals surface area contributed by atoms with E-state index in [0.29, 0.717) is 47.4 Å². The number of ether oxygens (including phenoxy) is 1. The number of carbonyl (C=O) groups is 1. The van der Waals surface area contributed by atoms with Crippen LogP contribution in [0.1, 0.15) is 73.6 Å². The fourth-order valence-corrected chi connectivity index (χ4v) is 7.23. The maximum atomic E-state index is 14.1. The fourth-order valence-electron chi connectivity index (χ4n) is 7.12. The molecule has 9 nitrogen and oxygen atoms in total. The molecular formula is C33H33ClF4N6O3. The van der Waals surface area contributed by atoms with Crippen LogP contribution in [0.3, 0.4) is 0 Å². The molecule has 47 heavy (non-hydrogen) atoms. The average molecular weight is 673 g/mol. The number of hydrogen-bond donors (Lipinski definition) is 2. The number of carboxylic acid groups (broad SMARTS) is 1. The molecule has 2 saturated heterocycles. The lowest BCUT2D eigenvalue weighted by Crippen LogP contribution is -2.47. The van der Waals surface area contributed by atoms with Crippen LogP contribution in [0.2, 0.25) is 5.02 Å². The van der Waals surface area contributed by atoms with Crippen LogP contribution in [0, 0.1) is 11.7 Å². The molecule has 2 aromatic carbocycles. The summed E-state index contributed by atoms with van der Waals surface area (Å²) in [6.07, 6.45) is 1.51. The number of rotatable bonds is 9. The predicted molar refractivity (Wildman–Crippen MR) is 168 cm³/mol. The highest BCUT2D eigenvalue weighted by molar-refractivity contribution is 6.30. The zero-order valence-electron chi connectivity index (χ0n) is 25.5. The van der Waals surface area contributed by atoms with Gasteiger partial charge in [0.1, 0.15) is 23.2 Å². The van der Waals surface area contributed by atoms with E-state index >= 15 is 0 Å². The third-order valence-electron chi connectivity index (χ3n) is 9.73. The maximum absolute atomic E-state index is 14.1. The molecule has 4 heterocycles. The van der Waals surface area contributed by atoms with Gasteiger partial charge in [-0.25, -0.2) is 19.2 Å². The smallest absolute Gasteiger partial charge is 0.416 e. The Morgan fingerprint density at radius 2 is 1.77 bits per heavy atom. The topological polar surface area (TPSA) is 105 Å². The summed E-state index contributed by atoms with van der Waals surface area (Å²) in [6.45, 7) is 2.19. The lowest BCUT2D eigenvalue weighted by Gasteiger charge is -2.39. The van der Waals surface area contributed by atoms with Gasteiger partial charge < -0.3 is 24.6 Å². The molecule has 1 aliphatic carbocycles. The van der Waals surface area contributed by atoms with Crippen molar-refractivity contribution in [2.24, 2.45) is 5.92 Å². The van der Waals surface area contributed by atoms with Gasteiger partial charge in [0, 0.05) is 37.0 Å². The van der Waals surface area contributed by atoms with Crippen LogP contribution in [-0.2, 0) is 12.7 Å². The Morgan fingerprint density at radius 3 is 2.36 bits per heavy atom. The maximum Gasteiger partial charge on any atom is 0.416 e. The van der Waals surface area contributed by atoms with Crippen LogP contribution in [-0.4, -0.2) is 54.8 Å². The third-order valence-corrected chi connectivity index (χ3v) is 10.0. The van der Waals surface area contributed by atoms with Crippen molar-refractivity contribution in [1.29, 1.82) is 0 Å². The Kier molecular flexibility index (Phi) is 8.13. The Balaban J connectivity index is 1.28. The van der Waals surface area contributed by atoms with Crippen molar-refractivity contribution in [1.82, 2.24) is 19.5 Å². The Morgan fingerprint density at radius 1 is 1.06 bits per heavy atom. The van der Waals surface area contributed by atoms with Gasteiger partial charge in [-0.1, -0.05) is 30.2 Å². The largest absolute Gasteiger partial charge is 0.490 e. The molecule has 4 aromatic rings. The van der Waals surface area contributed by atoms with Crippen LogP contribution < -0.4 is 15.0 Å². The van der Waals surface area contributed by atoms with E-state index in [2.05, 4.69) is 20.2 Å². The Bertz CT molecular complexity index is 1800. The highest BCUT2D eigenvalue weighted by Crippen LogP contribution is 2.42. The van der Waals surface area contributed by atoms with E-state index in [1.54, 1.807) is 6.07 Å². The molecule has 7 rings (SSSR count). The van der Waals surface area contributed by atoms with Crippen LogP contribution in [0.5, 0.6) is 5.75 Å². The highest BCUT2D eigenvalue weighted by Gasteiger charge is 2.44. The number of benzene rings is 2. The monoisotopic (exact) mass is 672 g/mol. The molecule has 2 bridgehead atoms. The number of halogens is 5. The average Bonchev–Trinajstić information content (AvgIpc) is 3.46. The number of hydrogen-bond acceptors (Lipinski definition) is 7. The number of fused-ring (bicyclic) bond motifs is 3. The molecule has 3 fully saturated rings. The van der Waals surface area contributed by atoms with E-state index in [0.717, 1.165) is 44.2 Å². The molecule has 2 N–H and O–H groups in total. The van der Waals surface area contributed by atoms with Gasteiger partial charge in [-0.05, 0) is 68.4 Å². The van der Waals surface area contributed by atoms with Crippen molar-refractivity contribution in [2.45, 2.75) is 88.8 Å².